The first-order valence-electron chi connectivity index (χ1n) is 12.3. The smallest absolute Gasteiger partial charge is 0.268 e. The van der Waals surface area contributed by atoms with Gasteiger partial charge in [-0.1, -0.05) is 63.2 Å². The molecular formula is C28H34N4O3S. The zero-order valence-corrected chi connectivity index (χ0v) is 22.2. The third-order valence-electron chi connectivity index (χ3n) is 6.73. The lowest BCUT2D eigenvalue weighted by atomic mass is 9.87. The van der Waals surface area contributed by atoms with Gasteiger partial charge in [-0.25, -0.2) is 23.1 Å². The highest BCUT2D eigenvalue weighted by Gasteiger charge is 2.25. The van der Waals surface area contributed by atoms with Crippen LogP contribution in [-0.4, -0.2) is 37.4 Å². The fourth-order valence-corrected chi connectivity index (χ4v) is 5.45. The zero-order chi connectivity index (χ0) is 25.9. The van der Waals surface area contributed by atoms with Crippen LogP contribution in [0.1, 0.15) is 60.8 Å². The number of carbonyl (C=O) groups excluding carboxylic acids is 1. The van der Waals surface area contributed by atoms with Crippen molar-refractivity contribution < 1.29 is 13.2 Å². The Morgan fingerprint density at radius 3 is 2.25 bits per heavy atom. The Hall–Kier alpha value is -3.26. The second-order valence-corrected chi connectivity index (χ2v) is 12.2. The molecule has 0 atom stereocenters. The highest BCUT2D eigenvalue weighted by atomic mass is 32.2. The third kappa shape index (κ3) is 6.10. The van der Waals surface area contributed by atoms with Crippen molar-refractivity contribution in [3.63, 3.8) is 0 Å². The zero-order valence-electron chi connectivity index (χ0n) is 21.4. The van der Waals surface area contributed by atoms with E-state index in [2.05, 4.69) is 64.6 Å². The molecule has 0 unspecified atom stereocenters. The van der Waals surface area contributed by atoms with E-state index in [1.807, 2.05) is 6.07 Å². The molecule has 0 radical (unpaired) electrons. The van der Waals surface area contributed by atoms with Crippen molar-refractivity contribution in [3.05, 3.63) is 83.2 Å². The normalized spacial score (nSPS) is 15.1. The molecule has 0 aliphatic carbocycles. The number of piperidine rings is 1. The molecule has 1 amide bonds. The van der Waals surface area contributed by atoms with Gasteiger partial charge < -0.3 is 4.90 Å². The molecule has 3 aromatic rings. The van der Waals surface area contributed by atoms with Gasteiger partial charge >= 0.3 is 0 Å². The van der Waals surface area contributed by atoms with Crippen molar-refractivity contribution in [2.24, 2.45) is 5.92 Å². The van der Waals surface area contributed by atoms with E-state index in [-0.39, 0.29) is 15.9 Å². The molecule has 2 aromatic carbocycles. The minimum Gasteiger partial charge on any atom is -0.341 e. The Balaban J connectivity index is 1.39. The molecule has 1 N–H and O–H groups in total. The average molecular weight is 507 g/mol. The Bertz CT molecular complexity index is 1310. The quantitative estimate of drug-likeness (QED) is 0.523. The molecule has 36 heavy (non-hydrogen) atoms. The first kappa shape index (κ1) is 25.8. The van der Waals surface area contributed by atoms with E-state index in [0.717, 1.165) is 37.9 Å². The largest absolute Gasteiger partial charge is 0.341 e. The number of rotatable bonds is 6. The number of carbonyl (C=O) groups is 1. The molecule has 0 bridgehead atoms. The van der Waals surface area contributed by atoms with Gasteiger partial charge in [0.15, 0.2) is 0 Å². The summed E-state index contributed by atoms with van der Waals surface area (Å²) in [6, 6.07) is 17.1. The van der Waals surface area contributed by atoms with Crippen LogP contribution >= 0.6 is 0 Å². The van der Waals surface area contributed by atoms with Crippen LogP contribution < -0.4 is 9.62 Å². The number of hydrogen-bond donors (Lipinski definition) is 1. The molecule has 1 aliphatic rings. The molecule has 8 heteroatoms. The maximum Gasteiger partial charge on any atom is 0.268 e. The topological polar surface area (TPSA) is 92.3 Å². The number of nitrogens with zero attached hydrogens (tertiary/aromatic N) is 3. The van der Waals surface area contributed by atoms with Gasteiger partial charge in [-0.15, -0.1) is 0 Å². The first-order chi connectivity index (χ1) is 17.0. The van der Waals surface area contributed by atoms with Crippen LogP contribution in [0.5, 0.6) is 0 Å². The summed E-state index contributed by atoms with van der Waals surface area (Å²) in [5.74, 6) is 0.459. The number of nitrogens with one attached hydrogen (secondary N) is 1. The second-order valence-electron chi connectivity index (χ2n) is 10.5. The Morgan fingerprint density at radius 2 is 1.67 bits per heavy atom. The lowest BCUT2D eigenvalue weighted by Crippen LogP contribution is -2.36. The maximum absolute atomic E-state index is 12.8. The predicted octanol–water partition coefficient (Wildman–Crippen LogP) is 4.66. The summed E-state index contributed by atoms with van der Waals surface area (Å²) in [4.78, 5) is 23.9. The fraction of sp³-hybridized carbons (Fsp3) is 0.393. The third-order valence-corrected chi connectivity index (χ3v) is 8.08. The average Bonchev–Trinajstić information content (AvgIpc) is 2.84. The minimum atomic E-state index is -4.01. The molecule has 0 spiro atoms. The van der Waals surface area contributed by atoms with Crippen LogP contribution in [0.15, 0.2) is 65.7 Å². The molecule has 1 aromatic heterocycles. The summed E-state index contributed by atoms with van der Waals surface area (Å²) < 4.78 is 27.7. The van der Waals surface area contributed by atoms with E-state index in [1.54, 1.807) is 19.1 Å². The summed E-state index contributed by atoms with van der Waals surface area (Å²) in [6.45, 7) is 9.56. The van der Waals surface area contributed by atoms with Gasteiger partial charge in [0, 0.05) is 19.3 Å². The first-order valence-corrected chi connectivity index (χ1v) is 13.8. The number of benzene rings is 2. The van der Waals surface area contributed by atoms with Crippen molar-refractivity contribution in [2.45, 2.75) is 57.3 Å². The van der Waals surface area contributed by atoms with Crippen LogP contribution in [0.25, 0.3) is 0 Å². The molecule has 190 valence electrons. The molecule has 1 fully saturated rings. The summed E-state index contributed by atoms with van der Waals surface area (Å²) in [5.41, 5.74) is 2.86. The molecule has 0 saturated carbocycles. The van der Waals surface area contributed by atoms with E-state index in [4.69, 9.17) is 0 Å². The lowest BCUT2D eigenvalue weighted by molar-refractivity contribution is 0.0980. The van der Waals surface area contributed by atoms with Crippen molar-refractivity contribution >= 4 is 21.9 Å². The monoisotopic (exact) mass is 506 g/mol. The number of amides is 1. The molecule has 1 saturated heterocycles. The number of sulfonamides is 1. The molecule has 1 aliphatic heterocycles. The van der Waals surface area contributed by atoms with Gasteiger partial charge in [0.1, 0.15) is 0 Å². The van der Waals surface area contributed by atoms with Crippen LogP contribution in [0.2, 0.25) is 0 Å². The molecule has 2 heterocycles. The van der Waals surface area contributed by atoms with E-state index in [9.17, 15) is 13.2 Å². The Kier molecular flexibility index (Phi) is 7.45. The van der Waals surface area contributed by atoms with Crippen molar-refractivity contribution in [1.82, 2.24) is 14.7 Å². The van der Waals surface area contributed by atoms with Crippen molar-refractivity contribution in [1.29, 1.82) is 0 Å². The Labute approximate surface area is 214 Å². The summed E-state index contributed by atoms with van der Waals surface area (Å²) in [5, 5.41) is 0. The standard InChI is InChI=1S/C28H34N4O3S/c1-20-25(26(33)31-36(34,35)24-12-10-23(11-13-24)28(2,3)4)19-29-27(30-20)32-16-14-22(15-17-32)18-21-8-6-5-7-9-21/h5-13,19,22H,14-18H2,1-4H3,(H,31,33). The van der Waals surface area contributed by atoms with Gasteiger partial charge in [0.05, 0.1) is 16.2 Å². The number of aryl methyl sites for hydroxylation is 1. The fourth-order valence-electron chi connectivity index (χ4n) is 4.48. The van der Waals surface area contributed by atoms with E-state index in [0.29, 0.717) is 17.6 Å². The number of hydrogen-bond acceptors (Lipinski definition) is 6. The number of anilines is 1. The van der Waals surface area contributed by atoms with E-state index < -0.39 is 15.9 Å². The molecule has 4 rings (SSSR count). The summed E-state index contributed by atoms with van der Waals surface area (Å²) >= 11 is 0. The van der Waals surface area contributed by atoms with Crippen LogP contribution in [0.4, 0.5) is 5.95 Å². The highest BCUT2D eigenvalue weighted by Crippen LogP contribution is 2.25. The van der Waals surface area contributed by atoms with Crippen molar-refractivity contribution in [3.8, 4) is 0 Å². The van der Waals surface area contributed by atoms with Crippen LogP contribution in [-0.2, 0) is 21.9 Å². The van der Waals surface area contributed by atoms with Gasteiger partial charge in [0.25, 0.3) is 15.9 Å². The minimum absolute atomic E-state index is 0.0393. The lowest BCUT2D eigenvalue weighted by Gasteiger charge is -2.32. The van der Waals surface area contributed by atoms with Gasteiger partial charge in [-0.2, -0.15) is 0 Å². The Morgan fingerprint density at radius 1 is 1.03 bits per heavy atom. The maximum atomic E-state index is 12.8. The van der Waals surface area contributed by atoms with Crippen LogP contribution in [0.3, 0.4) is 0 Å². The summed E-state index contributed by atoms with van der Waals surface area (Å²) in [6.07, 6.45) is 4.58. The SMILES string of the molecule is Cc1nc(N2CCC(Cc3ccccc3)CC2)ncc1C(=O)NS(=O)(=O)c1ccc(C(C)(C)C)cc1. The van der Waals surface area contributed by atoms with E-state index in [1.165, 1.54) is 23.9 Å². The molecular weight excluding hydrogens is 472 g/mol. The second kappa shape index (κ2) is 10.4. The number of aromatic nitrogens is 2. The molecule has 7 nitrogen and oxygen atoms in total. The summed E-state index contributed by atoms with van der Waals surface area (Å²) in [7, 11) is -4.01. The van der Waals surface area contributed by atoms with Crippen molar-refractivity contribution in [2.75, 3.05) is 18.0 Å². The van der Waals surface area contributed by atoms with Gasteiger partial charge in [-0.05, 0) is 60.8 Å². The highest BCUT2D eigenvalue weighted by molar-refractivity contribution is 7.90. The van der Waals surface area contributed by atoms with Gasteiger partial charge in [-0.3, -0.25) is 4.79 Å². The van der Waals surface area contributed by atoms with E-state index >= 15 is 0 Å². The van der Waals surface area contributed by atoms with Crippen LogP contribution in [0, 0.1) is 12.8 Å². The predicted molar refractivity (Wildman–Crippen MR) is 142 cm³/mol. The van der Waals surface area contributed by atoms with Gasteiger partial charge in [0.2, 0.25) is 5.95 Å².